The Bertz CT molecular complexity index is 1140. The van der Waals surface area contributed by atoms with Crippen LogP contribution in [-0.2, 0) is 0 Å². The van der Waals surface area contributed by atoms with Gasteiger partial charge in [-0.3, -0.25) is 4.98 Å². The molecule has 4 heterocycles. The molecule has 4 aromatic rings. The number of halogens is 1. The number of hydrogen-bond acceptors (Lipinski definition) is 7. The molecule has 3 aromatic heterocycles. The highest BCUT2D eigenvalue weighted by molar-refractivity contribution is 7.13. The van der Waals surface area contributed by atoms with Gasteiger partial charge in [0.25, 0.3) is 0 Å². The Morgan fingerprint density at radius 1 is 1.00 bits per heavy atom. The fraction of sp³-hybridized carbons (Fsp3) is 0.0952. The van der Waals surface area contributed by atoms with Gasteiger partial charge in [0.2, 0.25) is 6.79 Å². The van der Waals surface area contributed by atoms with E-state index in [-0.39, 0.29) is 19.2 Å². The van der Waals surface area contributed by atoms with E-state index < -0.39 is 0 Å². The molecule has 8 heteroatoms. The third kappa shape index (κ3) is 3.50. The number of ether oxygens (including phenoxy) is 2. The van der Waals surface area contributed by atoms with E-state index in [1.165, 1.54) is 0 Å². The van der Waals surface area contributed by atoms with Crippen LogP contribution in [-0.4, -0.2) is 28.8 Å². The number of nitrogens with one attached hydrogen (secondary N) is 1. The molecular weight excluding hydrogens is 408 g/mol. The van der Waals surface area contributed by atoms with Crippen LogP contribution in [0.25, 0.3) is 33.1 Å². The zero-order valence-corrected chi connectivity index (χ0v) is 17.1. The lowest BCUT2D eigenvalue weighted by molar-refractivity contribution is 0.174. The lowest BCUT2D eigenvalue weighted by Crippen LogP contribution is -2.03. The molecule has 0 saturated heterocycles. The largest absolute Gasteiger partial charge is 0.454 e. The summed E-state index contributed by atoms with van der Waals surface area (Å²) in [6.45, 7) is 0.239. The first-order valence-electron chi connectivity index (χ1n) is 8.77. The van der Waals surface area contributed by atoms with Crippen LogP contribution < -0.4 is 14.8 Å². The van der Waals surface area contributed by atoms with Crippen molar-refractivity contribution in [3.63, 3.8) is 0 Å². The fourth-order valence-corrected chi connectivity index (χ4v) is 3.94. The molecule has 0 fully saturated rings. The summed E-state index contributed by atoms with van der Waals surface area (Å²) >= 11 is 1.65. The number of rotatable bonds is 4. The van der Waals surface area contributed by atoms with Gasteiger partial charge in [0.05, 0.1) is 11.3 Å². The van der Waals surface area contributed by atoms with Crippen molar-refractivity contribution in [2.24, 2.45) is 0 Å². The summed E-state index contributed by atoms with van der Waals surface area (Å²) in [4.78, 5) is 15.0. The van der Waals surface area contributed by atoms with Gasteiger partial charge in [-0.2, -0.15) is 0 Å². The molecule has 1 aliphatic heterocycles. The second kappa shape index (κ2) is 8.06. The van der Waals surface area contributed by atoms with Crippen molar-refractivity contribution in [1.29, 1.82) is 0 Å². The molecule has 1 aromatic carbocycles. The van der Waals surface area contributed by atoms with Crippen LogP contribution >= 0.6 is 23.7 Å². The number of pyridine rings is 1. The topological polar surface area (TPSA) is 69.2 Å². The zero-order valence-electron chi connectivity index (χ0n) is 15.5. The molecule has 1 N–H and O–H groups in total. The Labute approximate surface area is 178 Å². The second-order valence-electron chi connectivity index (χ2n) is 6.16. The molecule has 0 spiro atoms. The summed E-state index contributed by atoms with van der Waals surface area (Å²) in [6, 6.07) is 13.8. The smallest absolute Gasteiger partial charge is 0.231 e. The molecule has 0 unspecified atom stereocenters. The molecule has 0 aliphatic carbocycles. The first-order valence-corrected chi connectivity index (χ1v) is 9.65. The van der Waals surface area contributed by atoms with Gasteiger partial charge < -0.3 is 14.8 Å². The molecule has 0 amide bonds. The van der Waals surface area contributed by atoms with Crippen LogP contribution in [0.3, 0.4) is 0 Å². The lowest BCUT2D eigenvalue weighted by Gasteiger charge is -2.15. The zero-order chi connectivity index (χ0) is 18.9. The van der Waals surface area contributed by atoms with E-state index in [1.54, 1.807) is 23.7 Å². The highest BCUT2D eigenvalue weighted by Gasteiger charge is 2.21. The first kappa shape index (κ1) is 19.2. The van der Waals surface area contributed by atoms with E-state index in [1.807, 2.05) is 48.8 Å². The minimum absolute atomic E-state index is 0. The summed E-state index contributed by atoms with van der Waals surface area (Å²) in [7, 11) is 1.87. The predicted octanol–water partition coefficient (Wildman–Crippen LogP) is 5.13. The molecular formula is C21H17ClN4O2S. The summed E-state index contributed by atoms with van der Waals surface area (Å²) in [6.07, 6.45) is 3.50. The van der Waals surface area contributed by atoms with E-state index in [4.69, 9.17) is 19.4 Å². The van der Waals surface area contributed by atoms with Crippen molar-refractivity contribution in [2.45, 2.75) is 0 Å². The Balaban J connectivity index is 0.00000205. The maximum atomic E-state index is 5.57. The molecule has 1 aliphatic rings. The van der Waals surface area contributed by atoms with Crippen molar-refractivity contribution in [3.05, 3.63) is 60.2 Å². The monoisotopic (exact) mass is 424 g/mol. The third-order valence-electron chi connectivity index (χ3n) is 4.48. The Hall–Kier alpha value is -3.16. The predicted molar refractivity (Wildman–Crippen MR) is 117 cm³/mol. The molecule has 6 nitrogen and oxygen atoms in total. The summed E-state index contributed by atoms with van der Waals surface area (Å²) in [5.74, 6) is 2.85. The number of fused-ring (bicyclic) bond motifs is 1. The van der Waals surface area contributed by atoms with Crippen molar-refractivity contribution in [3.8, 4) is 44.6 Å². The average Bonchev–Trinajstić information content (AvgIpc) is 3.44. The van der Waals surface area contributed by atoms with Crippen LogP contribution in [0.4, 0.5) is 5.82 Å². The maximum Gasteiger partial charge on any atom is 0.231 e. The number of nitrogens with zero attached hydrogens (tertiary/aromatic N) is 3. The number of thiophene rings is 1. The van der Waals surface area contributed by atoms with E-state index in [0.29, 0.717) is 5.82 Å². The van der Waals surface area contributed by atoms with Gasteiger partial charge in [0.15, 0.2) is 17.3 Å². The van der Waals surface area contributed by atoms with E-state index in [0.717, 1.165) is 44.6 Å². The van der Waals surface area contributed by atoms with Gasteiger partial charge in [0, 0.05) is 35.4 Å². The molecule has 0 saturated carbocycles. The Morgan fingerprint density at radius 2 is 1.90 bits per heavy atom. The minimum atomic E-state index is 0. The fourth-order valence-electron chi connectivity index (χ4n) is 3.17. The Morgan fingerprint density at radius 3 is 2.66 bits per heavy atom. The summed E-state index contributed by atoms with van der Waals surface area (Å²) in [5, 5.41) is 5.28. The van der Waals surface area contributed by atoms with Crippen molar-refractivity contribution < 1.29 is 9.47 Å². The molecule has 29 heavy (non-hydrogen) atoms. The SMILES string of the molecule is CNc1nc(-c2cccnc2)nc(-c2ccc3c(c2)OCO3)c1-c1cccs1.Cl. The van der Waals surface area contributed by atoms with Crippen LogP contribution in [0, 0.1) is 0 Å². The Kier molecular flexibility index (Phi) is 5.33. The minimum Gasteiger partial charge on any atom is -0.454 e. The average molecular weight is 425 g/mol. The quantitative estimate of drug-likeness (QED) is 0.490. The van der Waals surface area contributed by atoms with E-state index >= 15 is 0 Å². The van der Waals surface area contributed by atoms with Crippen molar-refractivity contribution in [2.75, 3.05) is 19.2 Å². The molecule has 0 radical (unpaired) electrons. The number of aromatic nitrogens is 3. The van der Waals surface area contributed by atoms with Crippen molar-refractivity contribution in [1.82, 2.24) is 15.0 Å². The summed E-state index contributed by atoms with van der Waals surface area (Å²) < 4.78 is 11.0. The maximum absolute atomic E-state index is 5.57. The van der Waals surface area contributed by atoms with E-state index in [9.17, 15) is 0 Å². The van der Waals surface area contributed by atoms with Crippen LogP contribution in [0.2, 0.25) is 0 Å². The summed E-state index contributed by atoms with van der Waals surface area (Å²) in [5.41, 5.74) is 3.60. The molecule has 0 bridgehead atoms. The normalized spacial score (nSPS) is 11.8. The number of benzene rings is 1. The number of anilines is 1. The highest BCUT2D eigenvalue weighted by atomic mass is 35.5. The van der Waals surface area contributed by atoms with Gasteiger partial charge in [0.1, 0.15) is 5.82 Å². The van der Waals surface area contributed by atoms with Crippen molar-refractivity contribution >= 4 is 29.6 Å². The third-order valence-corrected chi connectivity index (χ3v) is 5.37. The highest BCUT2D eigenvalue weighted by Crippen LogP contribution is 2.42. The first-order chi connectivity index (χ1) is 13.8. The van der Waals surface area contributed by atoms with Crippen LogP contribution in [0.5, 0.6) is 11.5 Å². The van der Waals surface area contributed by atoms with E-state index in [2.05, 4.69) is 16.4 Å². The van der Waals surface area contributed by atoms with Gasteiger partial charge in [-0.15, -0.1) is 23.7 Å². The van der Waals surface area contributed by atoms with Crippen LogP contribution in [0.15, 0.2) is 60.2 Å². The second-order valence-corrected chi connectivity index (χ2v) is 7.10. The molecule has 0 atom stereocenters. The molecule has 5 rings (SSSR count). The van der Waals surface area contributed by atoms with Gasteiger partial charge in [-0.25, -0.2) is 9.97 Å². The van der Waals surface area contributed by atoms with Crippen LogP contribution in [0.1, 0.15) is 0 Å². The van der Waals surface area contributed by atoms with Gasteiger partial charge in [-0.1, -0.05) is 6.07 Å². The van der Waals surface area contributed by atoms with Gasteiger partial charge >= 0.3 is 0 Å². The molecule has 146 valence electrons. The number of hydrogen-bond donors (Lipinski definition) is 1. The standard InChI is InChI=1S/C21H16N4O2S.ClH/c1-22-21-18(17-5-3-9-28-17)19(13-6-7-15-16(10-13)27-12-26-15)24-20(25-21)14-4-2-8-23-11-14;/h2-11H,12H2,1H3,(H,22,24,25);1H. The van der Waals surface area contributed by atoms with Gasteiger partial charge in [-0.05, 0) is 41.8 Å². The lowest BCUT2D eigenvalue weighted by atomic mass is 10.0.